The number of hydrogen-bond acceptors (Lipinski definition) is 5. The Hall–Kier alpha value is -2.02. The van der Waals surface area contributed by atoms with Crippen molar-refractivity contribution in [1.82, 2.24) is 4.90 Å². The molecule has 1 N–H and O–H groups in total. The zero-order chi connectivity index (χ0) is 20.4. The van der Waals surface area contributed by atoms with Crippen molar-refractivity contribution in [1.29, 1.82) is 0 Å². The molecule has 1 unspecified atom stereocenters. The largest absolute Gasteiger partial charge is 0.494 e. The van der Waals surface area contributed by atoms with Gasteiger partial charge < -0.3 is 10.1 Å². The lowest BCUT2D eigenvalue weighted by Crippen LogP contribution is -2.34. The van der Waals surface area contributed by atoms with Crippen LogP contribution in [0.5, 0.6) is 5.75 Å². The van der Waals surface area contributed by atoms with Crippen molar-refractivity contribution in [3.8, 4) is 5.75 Å². The van der Waals surface area contributed by atoms with Crippen LogP contribution in [0.1, 0.15) is 52.9 Å². The number of carbonyl (C=O) groups excluding carboxylic acids is 2. The molecule has 1 aromatic rings. The summed E-state index contributed by atoms with van der Waals surface area (Å²) >= 11 is 1.42. The highest BCUT2D eigenvalue weighted by Crippen LogP contribution is 2.30. The second kappa shape index (κ2) is 11.7. The van der Waals surface area contributed by atoms with Crippen molar-refractivity contribution < 1.29 is 14.3 Å². The second-order valence-corrected chi connectivity index (χ2v) is 7.85. The maximum atomic E-state index is 12.8. The van der Waals surface area contributed by atoms with E-state index >= 15 is 0 Å². The van der Waals surface area contributed by atoms with E-state index in [2.05, 4.69) is 24.2 Å². The first-order valence-electron chi connectivity index (χ1n) is 10.1. The first-order valence-corrected chi connectivity index (χ1v) is 11.0. The Kier molecular flexibility index (Phi) is 9.34. The summed E-state index contributed by atoms with van der Waals surface area (Å²) in [5.74, 6) is 0.527. The lowest BCUT2D eigenvalue weighted by Gasteiger charge is -2.16. The Morgan fingerprint density at radius 2 is 2.04 bits per heavy atom. The quantitative estimate of drug-likeness (QED) is 0.557. The molecule has 1 aliphatic heterocycles. The minimum absolute atomic E-state index is 0.00749. The van der Waals surface area contributed by atoms with E-state index in [0.717, 1.165) is 37.4 Å². The molecule has 6 nitrogen and oxygen atoms in total. The molecule has 1 saturated heterocycles. The Balaban J connectivity index is 1.99. The van der Waals surface area contributed by atoms with Crippen LogP contribution < -0.4 is 10.1 Å². The van der Waals surface area contributed by atoms with Crippen molar-refractivity contribution in [3.05, 3.63) is 24.3 Å². The van der Waals surface area contributed by atoms with Gasteiger partial charge in [0.15, 0.2) is 5.17 Å². The van der Waals surface area contributed by atoms with E-state index in [1.54, 1.807) is 11.0 Å². The predicted molar refractivity (Wildman–Crippen MR) is 116 cm³/mol. The number of nitrogens with zero attached hydrogens (tertiary/aromatic N) is 2. The molecule has 1 atom stereocenters. The normalized spacial score (nSPS) is 18.0. The smallest absolute Gasteiger partial charge is 0.242 e. The number of rotatable bonds is 11. The van der Waals surface area contributed by atoms with Gasteiger partial charge in [0.05, 0.1) is 6.61 Å². The number of hydrogen-bond donors (Lipinski definition) is 1. The molecule has 0 aliphatic carbocycles. The van der Waals surface area contributed by atoms with Gasteiger partial charge in [-0.2, -0.15) is 0 Å². The number of aliphatic imine (C=N–C) groups is 1. The van der Waals surface area contributed by atoms with Crippen molar-refractivity contribution in [2.75, 3.05) is 25.0 Å². The van der Waals surface area contributed by atoms with Crippen LogP contribution in [0.4, 0.5) is 5.69 Å². The number of nitrogens with one attached hydrogen (secondary N) is 1. The molecular formula is C21H31N3O3S. The molecule has 1 aliphatic rings. The third-order valence-electron chi connectivity index (χ3n) is 4.31. The minimum atomic E-state index is -0.410. The van der Waals surface area contributed by atoms with Crippen molar-refractivity contribution >= 4 is 34.4 Å². The summed E-state index contributed by atoms with van der Waals surface area (Å²) in [5, 5.41) is 3.23. The van der Waals surface area contributed by atoms with Gasteiger partial charge in [-0.3, -0.25) is 19.5 Å². The van der Waals surface area contributed by atoms with Crippen molar-refractivity contribution in [2.45, 2.75) is 58.1 Å². The molecule has 7 heteroatoms. The molecule has 0 spiro atoms. The molecule has 154 valence electrons. The Morgan fingerprint density at radius 1 is 1.25 bits per heavy atom. The number of thioether (sulfide) groups is 1. The molecule has 2 rings (SSSR count). The zero-order valence-corrected chi connectivity index (χ0v) is 17.9. The van der Waals surface area contributed by atoms with Gasteiger partial charge >= 0.3 is 0 Å². The molecular weight excluding hydrogens is 374 g/mol. The van der Waals surface area contributed by atoms with Gasteiger partial charge in [0.25, 0.3) is 0 Å². The van der Waals surface area contributed by atoms with E-state index in [9.17, 15) is 9.59 Å². The van der Waals surface area contributed by atoms with Gasteiger partial charge in [0, 0.05) is 31.3 Å². The van der Waals surface area contributed by atoms with Crippen molar-refractivity contribution in [2.24, 2.45) is 4.99 Å². The van der Waals surface area contributed by atoms with Crippen LogP contribution >= 0.6 is 11.8 Å². The molecule has 1 heterocycles. The number of anilines is 1. The Morgan fingerprint density at radius 3 is 2.75 bits per heavy atom. The summed E-state index contributed by atoms with van der Waals surface area (Å²) in [7, 11) is 0. The monoisotopic (exact) mass is 405 g/mol. The lowest BCUT2D eigenvalue weighted by atomic mass is 10.2. The highest BCUT2D eigenvalue weighted by Gasteiger charge is 2.38. The molecule has 0 radical (unpaired) electrons. The minimum Gasteiger partial charge on any atom is -0.494 e. The predicted octanol–water partition coefficient (Wildman–Crippen LogP) is 4.31. The molecule has 0 aromatic heterocycles. The lowest BCUT2D eigenvalue weighted by molar-refractivity contribution is -0.128. The van der Waals surface area contributed by atoms with Gasteiger partial charge in [-0.15, -0.1) is 0 Å². The molecule has 2 amide bonds. The van der Waals surface area contributed by atoms with Gasteiger partial charge in [-0.25, -0.2) is 0 Å². The van der Waals surface area contributed by atoms with Gasteiger partial charge in [0.2, 0.25) is 11.8 Å². The number of ether oxygens (including phenoxy) is 1. The van der Waals surface area contributed by atoms with E-state index in [0.29, 0.717) is 24.6 Å². The van der Waals surface area contributed by atoms with Gasteiger partial charge in [0.1, 0.15) is 11.0 Å². The van der Waals surface area contributed by atoms with Crippen LogP contribution in [-0.2, 0) is 9.59 Å². The second-order valence-electron chi connectivity index (χ2n) is 6.68. The summed E-state index contributed by atoms with van der Waals surface area (Å²) < 4.78 is 5.46. The average Bonchev–Trinajstić information content (AvgIpc) is 2.95. The number of amides is 2. The number of benzene rings is 1. The summed E-state index contributed by atoms with van der Waals surface area (Å²) in [5.41, 5.74) is 0.672. The summed E-state index contributed by atoms with van der Waals surface area (Å²) in [6, 6.07) is 7.28. The molecule has 1 fully saturated rings. The molecule has 1 aromatic carbocycles. The van der Waals surface area contributed by atoms with E-state index in [1.807, 2.05) is 25.1 Å². The fraction of sp³-hybridized carbons (Fsp3) is 0.571. The van der Waals surface area contributed by atoms with Crippen LogP contribution in [0, 0.1) is 0 Å². The fourth-order valence-corrected chi connectivity index (χ4v) is 4.02. The van der Waals surface area contributed by atoms with Crippen molar-refractivity contribution in [3.63, 3.8) is 0 Å². The van der Waals surface area contributed by atoms with Crippen LogP contribution in [0.3, 0.4) is 0 Å². The first-order chi connectivity index (χ1) is 13.6. The average molecular weight is 406 g/mol. The van der Waals surface area contributed by atoms with E-state index in [1.165, 1.54) is 11.8 Å². The Labute approximate surface area is 172 Å². The number of carbonyl (C=O) groups is 2. The highest BCUT2D eigenvalue weighted by atomic mass is 32.2. The molecule has 0 bridgehead atoms. The van der Waals surface area contributed by atoms with E-state index in [-0.39, 0.29) is 18.2 Å². The van der Waals surface area contributed by atoms with Crippen LogP contribution in [0.25, 0.3) is 0 Å². The highest BCUT2D eigenvalue weighted by molar-refractivity contribution is 8.15. The maximum absolute atomic E-state index is 12.8. The topological polar surface area (TPSA) is 71.0 Å². The third kappa shape index (κ3) is 6.55. The fourth-order valence-electron chi connectivity index (χ4n) is 2.83. The standard InChI is InChI=1S/C21H31N3O3S/c1-4-7-12-22-21-24(13-8-5-2)20(26)18(28-21)15-19(25)23-16-10-9-11-17(14-16)27-6-3/h9-11,14,18H,4-8,12-13,15H2,1-3H3,(H,23,25). The summed E-state index contributed by atoms with van der Waals surface area (Å²) in [6.45, 7) is 8.09. The van der Waals surface area contributed by atoms with Gasteiger partial charge in [-0.05, 0) is 31.9 Å². The van der Waals surface area contributed by atoms with Crippen LogP contribution in [0.2, 0.25) is 0 Å². The number of unbranched alkanes of at least 4 members (excludes halogenated alkanes) is 2. The summed E-state index contributed by atoms with van der Waals surface area (Å²) in [6.07, 6.45) is 4.15. The summed E-state index contributed by atoms with van der Waals surface area (Å²) in [4.78, 5) is 31.7. The van der Waals surface area contributed by atoms with Gasteiger partial charge in [-0.1, -0.05) is 44.5 Å². The first kappa shape index (κ1) is 22.3. The SMILES string of the molecule is CCCCN=C1SC(CC(=O)Nc2cccc(OCC)c2)C(=O)N1CCCC. The molecule has 28 heavy (non-hydrogen) atoms. The van der Waals surface area contributed by atoms with Crippen LogP contribution in [-0.4, -0.2) is 46.8 Å². The van der Waals surface area contributed by atoms with E-state index < -0.39 is 5.25 Å². The third-order valence-corrected chi connectivity index (χ3v) is 5.53. The maximum Gasteiger partial charge on any atom is 0.242 e. The van der Waals surface area contributed by atoms with Crippen LogP contribution in [0.15, 0.2) is 29.3 Å². The van der Waals surface area contributed by atoms with E-state index in [4.69, 9.17) is 4.74 Å². The zero-order valence-electron chi connectivity index (χ0n) is 17.1. The molecule has 0 saturated carbocycles. The number of amidine groups is 1. The Bertz CT molecular complexity index is 693.